The third kappa shape index (κ3) is 5.09. The second-order valence-electron chi connectivity index (χ2n) is 11.0. The Morgan fingerprint density at radius 2 is 1.72 bits per heavy atom. The zero-order chi connectivity index (χ0) is 22.1. The van der Waals surface area contributed by atoms with E-state index in [-0.39, 0.29) is 12.7 Å². The van der Waals surface area contributed by atoms with E-state index in [1.807, 2.05) is 6.07 Å². The standard InChI is InChI=1S/C26H40N2O4/c1-31-25-11-18(15-27-26-12-19-8-20(13-26)10-21(9-19)14-26)2-3-24(25)32-17-23(30)16-28-6-4-22(29)5-7-28/h2-3,11,19-23,27,29-30H,4-10,12-17H2,1H3/t19?,20?,21?,23-,26?/m0/s1. The Balaban J connectivity index is 1.13. The zero-order valence-corrected chi connectivity index (χ0v) is 19.5. The molecule has 6 heteroatoms. The first-order valence-corrected chi connectivity index (χ1v) is 12.6. The molecule has 178 valence electrons. The molecule has 0 spiro atoms. The number of rotatable bonds is 9. The van der Waals surface area contributed by atoms with Gasteiger partial charge in [-0.15, -0.1) is 0 Å². The second kappa shape index (κ2) is 9.49. The Kier molecular flexibility index (Phi) is 6.66. The summed E-state index contributed by atoms with van der Waals surface area (Å²) in [5.41, 5.74) is 1.57. The molecule has 1 aromatic rings. The van der Waals surface area contributed by atoms with Crippen LogP contribution in [0.5, 0.6) is 11.5 Å². The van der Waals surface area contributed by atoms with Gasteiger partial charge in [0.15, 0.2) is 11.5 Å². The Hall–Kier alpha value is -1.34. The van der Waals surface area contributed by atoms with Gasteiger partial charge in [0, 0.05) is 31.7 Å². The van der Waals surface area contributed by atoms with Crippen molar-refractivity contribution in [2.45, 2.75) is 75.7 Å². The first-order valence-electron chi connectivity index (χ1n) is 12.6. The van der Waals surface area contributed by atoms with Crippen LogP contribution in [0.2, 0.25) is 0 Å². The van der Waals surface area contributed by atoms with Gasteiger partial charge < -0.3 is 29.9 Å². The van der Waals surface area contributed by atoms with Gasteiger partial charge in [0.05, 0.1) is 13.2 Å². The van der Waals surface area contributed by atoms with Crippen LogP contribution in [0, 0.1) is 17.8 Å². The van der Waals surface area contributed by atoms with E-state index < -0.39 is 6.10 Å². The molecule has 6 nitrogen and oxygen atoms in total. The minimum Gasteiger partial charge on any atom is -0.493 e. The molecule has 3 N–H and O–H groups in total. The lowest BCUT2D eigenvalue weighted by Gasteiger charge is -2.57. The van der Waals surface area contributed by atoms with Crippen LogP contribution in [0.15, 0.2) is 18.2 Å². The third-order valence-corrected chi connectivity index (χ3v) is 8.39. The van der Waals surface area contributed by atoms with Crippen LogP contribution < -0.4 is 14.8 Å². The minimum atomic E-state index is -0.563. The fraction of sp³-hybridized carbons (Fsp3) is 0.769. The van der Waals surface area contributed by atoms with Crippen molar-refractivity contribution >= 4 is 0 Å². The Morgan fingerprint density at radius 3 is 2.34 bits per heavy atom. The fourth-order valence-corrected chi connectivity index (χ4v) is 7.20. The molecule has 0 amide bonds. The van der Waals surface area contributed by atoms with E-state index in [0.29, 0.717) is 17.8 Å². The number of aliphatic hydroxyl groups is 2. The summed E-state index contributed by atoms with van der Waals surface area (Å²) in [6.45, 7) is 3.33. The van der Waals surface area contributed by atoms with Crippen molar-refractivity contribution < 1.29 is 19.7 Å². The van der Waals surface area contributed by atoms with Gasteiger partial charge in [-0.25, -0.2) is 0 Å². The number of nitrogens with zero attached hydrogens (tertiary/aromatic N) is 1. The number of piperidine rings is 1. The van der Waals surface area contributed by atoms with E-state index in [9.17, 15) is 10.2 Å². The monoisotopic (exact) mass is 444 g/mol. The van der Waals surface area contributed by atoms with Gasteiger partial charge in [-0.05, 0) is 86.8 Å². The van der Waals surface area contributed by atoms with Crippen LogP contribution in [0.4, 0.5) is 0 Å². The highest BCUT2D eigenvalue weighted by atomic mass is 16.5. The van der Waals surface area contributed by atoms with Crippen LogP contribution in [0.1, 0.15) is 56.9 Å². The average Bonchev–Trinajstić information content (AvgIpc) is 2.77. The van der Waals surface area contributed by atoms with Gasteiger partial charge in [0.25, 0.3) is 0 Å². The molecule has 1 saturated heterocycles. The number of nitrogens with one attached hydrogen (secondary N) is 1. The van der Waals surface area contributed by atoms with Crippen molar-refractivity contribution in [1.82, 2.24) is 10.2 Å². The molecular weight excluding hydrogens is 404 g/mol. The SMILES string of the molecule is COc1cc(CNC23CC4CC(CC(C4)C2)C3)ccc1OC[C@@H](O)CN1CCC(O)CC1. The van der Waals surface area contributed by atoms with Crippen LogP contribution in [0.25, 0.3) is 0 Å². The summed E-state index contributed by atoms with van der Waals surface area (Å²) in [7, 11) is 1.67. The van der Waals surface area contributed by atoms with Gasteiger partial charge >= 0.3 is 0 Å². The number of aliphatic hydroxyl groups excluding tert-OH is 2. The van der Waals surface area contributed by atoms with Crippen LogP contribution in [-0.4, -0.2) is 66.2 Å². The van der Waals surface area contributed by atoms with E-state index in [0.717, 1.165) is 56.0 Å². The first kappa shape index (κ1) is 22.5. The molecule has 0 aromatic heterocycles. The predicted molar refractivity (Wildman–Crippen MR) is 124 cm³/mol. The molecule has 0 unspecified atom stereocenters. The highest BCUT2D eigenvalue weighted by Crippen LogP contribution is 2.55. The molecule has 1 heterocycles. The normalized spacial score (nSPS) is 33.4. The number of likely N-dealkylation sites (tertiary alicyclic amines) is 1. The number of benzene rings is 1. The zero-order valence-electron chi connectivity index (χ0n) is 19.5. The van der Waals surface area contributed by atoms with Gasteiger partial charge in [-0.2, -0.15) is 0 Å². The third-order valence-electron chi connectivity index (χ3n) is 8.39. The molecule has 4 bridgehead atoms. The molecular formula is C26H40N2O4. The summed E-state index contributed by atoms with van der Waals surface area (Å²) >= 11 is 0. The van der Waals surface area contributed by atoms with Crippen LogP contribution in [0.3, 0.4) is 0 Å². The topological polar surface area (TPSA) is 74.2 Å². The first-order chi connectivity index (χ1) is 15.5. The van der Waals surface area contributed by atoms with Crippen molar-refractivity contribution in [2.24, 2.45) is 17.8 Å². The minimum absolute atomic E-state index is 0.195. The van der Waals surface area contributed by atoms with Crippen LogP contribution in [-0.2, 0) is 6.54 Å². The summed E-state index contributed by atoms with van der Waals surface area (Å²) in [5.74, 6) is 4.24. The Labute approximate surface area is 192 Å². The Bertz CT molecular complexity index is 742. The summed E-state index contributed by atoms with van der Waals surface area (Å²) in [6, 6.07) is 6.16. The van der Waals surface area contributed by atoms with E-state index in [4.69, 9.17) is 9.47 Å². The highest BCUT2D eigenvalue weighted by molar-refractivity contribution is 5.43. The fourth-order valence-electron chi connectivity index (χ4n) is 7.20. The van der Waals surface area contributed by atoms with Crippen molar-refractivity contribution in [3.8, 4) is 11.5 Å². The summed E-state index contributed by atoms with van der Waals surface area (Å²) in [5, 5.41) is 24.0. The van der Waals surface area contributed by atoms with E-state index in [1.165, 1.54) is 44.1 Å². The van der Waals surface area contributed by atoms with Gasteiger partial charge in [-0.1, -0.05) is 6.07 Å². The number of β-amino-alcohol motifs (C(OH)–C–C–N with tert-alkyl or cyclic N) is 1. The lowest BCUT2D eigenvalue weighted by atomic mass is 9.53. The second-order valence-corrected chi connectivity index (χ2v) is 11.0. The van der Waals surface area contributed by atoms with Crippen molar-refractivity contribution in [2.75, 3.05) is 33.4 Å². The van der Waals surface area contributed by atoms with Crippen molar-refractivity contribution in [1.29, 1.82) is 0 Å². The molecule has 5 aliphatic rings. The molecule has 0 radical (unpaired) electrons. The largest absolute Gasteiger partial charge is 0.493 e. The number of hydrogen-bond acceptors (Lipinski definition) is 6. The number of methoxy groups -OCH3 is 1. The molecule has 1 aromatic carbocycles. The van der Waals surface area contributed by atoms with E-state index in [1.54, 1.807) is 7.11 Å². The lowest BCUT2D eigenvalue weighted by Crippen LogP contribution is -2.58. The summed E-state index contributed by atoms with van der Waals surface area (Å²) in [4.78, 5) is 2.19. The molecule has 6 rings (SSSR count). The summed E-state index contributed by atoms with van der Waals surface area (Å²) in [6.07, 6.45) is 9.25. The highest BCUT2D eigenvalue weighted by Gasteiger charge is 2.50. The molecule has 4 saturated carbocycles. The van der Waals surface area contributed by atoms with Crippen LogP contribution >= 0.6 is 0 Å². The predicted octanol–water partition coefficient (Wildman–Crippen LogP) is 2.95. The molecule has 4 aliphatic carbocycles. The van der Waals surface area contributed by atoms with Crippen molar-refractivity contribution in [3.05, 3.63) is 23.8 Å². The molecule has 1 atom stereocenters. The lowest BCUT2D eigenvalue weighted by molar-refractivity contribution is -0.0206. The average molecular weight is 445 g/mol. The molecule has 32 heavy (non-hydrogen) atoms. The molecule has 5 fully saturated rings. The smallest absolute Gasteiger partial charge is 0.161 e. The molecule has 1 aliphatic heterocycles. The quantitative estimate of drug-likeness (QED) is 0.544. The van der Waals surface area contributed by atoms with E-state index >= 15 is 0 Å². The maximum Gasteiger partial charge on any atom is 0.161 e. The maximum absolute atomic E-state index is 10.4. The van der Waals surface area contributed by atoms with Gasteiger partial charge in [-0.3, -0.25) is 0 Å². The van der Waals surface area contributed by atoms with Gasteiger partial charge in [0.2, 0.25) is 0 Å². The number of ether oxygens (including phenoxy) is 2. The van der Waals surface area contributed by atoms with Crippen molar-refractivity contribution in [3.63, 3.8) is 0 Å². The van der Waals surface area contributed by atoms with Gasteiger partial charge in [0.1, 0.15) is 12.7 Å². The van der Waals surface area contributed by atoms with E-state index in [2.05, 4.69) is 22.3 Å². The summed E-state index contributed by atoms with van der Waals surface area (Å²) < 4.78 is 11.5. The maximum atomic E-state index is 10.4. The Morgan fingerprint density at radius 1 is 1.06 bits per heavy atom. The number of hydrogen-bond donors (Lipinski definition) is 3.